The average Bonchev–Trinajstić information content (AvgIpc) is 2.36. The van der Waals surface area contributed by atoms with Gasteiger partial charge in [0.1, 0.15) is 0 Å². The molecule has 0 saturated carbocycles. The number of aliphatic carboxylic acids is 1. The molecule has 0 amide bonds. The van der Waals surface area contributed by atoms with E-state index < -0.39 is 5.97 Å². The number of benzene rings is 1. The lowest BCUT2D eigenvalue weighted by molar-refractivity contribution is -0.131. The van der Waals surface area contributed by atoms with Gasteiger partial charge in [-0.25, -0.2) is 4.79 Å². The van der Waals surface area contributed by atoms with Crippen molar-refractivity contribution in [2.45, 2.75) is 19.4 Å². The van der Waals surface area contributed by atoms with Gasteiger partial charge in [0.15, 0.2) is 0 Å². The summed E-state index contributed by atoms with van der Waals surface area (Å²) < 4.78 is 6.51. The van der Waals surface area contributed by atoms with Crippen molar-refractivity contribution in [1.29, 1.82) is 0 Å². The zero-order valence-electron chi connectivity index (χ0n) is 11.6. The summed E-state index contributed by atoms with van der Waals surface area (Å²) in [6.07, 6.45) is 2.80. The predicted octanol–water partition coefficient (Wildman–Crippen LogP) is 3.16. The van der Waals surface area contributed by atoms with Gasteiger partial charge in [-0.05, 0) is 37.6 Å². The molecular weight excluding hydrogens is 322 g/mol. The smallest absolute Gasteiger partial charge is 0.328 e. The summed E-state index contributed by atoms with van der Waals surface area (Å²) in [5, 5.41) is 8.80. The van der Waals surface area contributed by atoms with Crippen molar-refractivity contribution in [3.8, 4) is 0 Å². The Labute approximate surface area is 127 Å². The zero-order chi connectivity index (χ0) is 14.8. The van der Waals surface area contributed by atoms with Crippen molar-refractivity contribution in [3.63, 3.8) is 0 Å². The van der Waals surface area contributed by atoms with Gasteiger partial charge in [0, 0.05) is 22.8 Å². The number of carbonyl (C=O) groups is 1. The molecule has 2 rings (SSSR count). The van der Waals surface area contributed by atoms with E-state index in [-0.39, 0.29) is 5.54 Å². The van der Waals surface area contributed by atoms with Crippen molar-refractivity contribution in [2.24, 2.45) is 0 Å². The molecule has 0 spiro atoms. The Balaban J connectivity index is 2.43. The average molecular weight is 340 g/mol. The van der Waals surface area contributed by atoms with Crippen LogP contribution in [0.15, 0.2) is 28.7 Å². The van der Waals surface area contributed by atoms with Crippen molar-refractivity contribution < 1.29 is 14.6 Å². The molecular formula is C15H18BrNO3. The van der Waals surface area contributed by atoms with Gasteiger partial charge in [-0.3, -0.25) is 0 Å². The molecule has 0 aliphatic carbocycles. The predicted molar refractivity (Wildman–Crippen MR) is 83.1 cm³/mol. The van der Waals surface area contributed by atoms with E-state index in [4.69, 9.17) is 9.84 Å². The first-order valence-corrected chi connectivity index (χ1v) is 7.25. The third-order valence-electron chi connectivity index (χ3n) is 3.33. The minimum absolute atomic E-state index is 0.120. The molecule has 1 saturated heterocycles. The number of hydrogen-bond donors (Lipinski definition) is 1. The summed E-state index contributed by atoms with van der Waals surface area (Å²) >= 11 is 3.48. The Morgan fingerprint density at radius 1 is 1.50 bits per heavy atom. The lowest BCUT2D eigenvalue weighted by Crippen LogP contribution is -2.53. The van der Waals surface area contributed by atoms with Crippen LogP contribution >= 0.6 is 15.9 Å². The summed E-state index contributed by atoms with van der Waals surface area (Å²) in [7, 11) is 0. The molecule has 108 valence electrons. The second-order valence-electron chi connectivity index (χ2n) is 5.39. The maximum absolute atomic E-state index is 10.7. The molecule has 0 unspecified atom stereocenters. The first-order chi connectivity index (χ1) is 9.40. The maximum Gasteiger partial charge on any atom is 0.328 e. The van der Waals surface area contributed by atoms with E-state index >= 15 is 0 Å². The maximum atomic E-state index is 10.7. The lowest BCUT2D eigenvalue weighted by atomic mass is 9.99. The van der Waals surface area contributed by atoms with Gasteiger partial charge in [0.05, 0.1) is 18.8 Å². The number of carboxylic acids is 1. The Morgan fingerprint density at radius 3 is 2.90 bits per heavy atom. The van der Waals surface area contributed by atoms with E-state index in [9.17, 15) is 4.79 Å². The molecule has 1 N–H and O–H groups in total. The van der Waals surface area contributed by atoms with Gasteiger partial charge in [-0.15, -0.1) is 0 Å². The second-order valence-corrected chi connectivity index (χ2v) is 6.31. The van der Waals surface area contributed by atoms with Crippen molar-refractivity contribution in [1.82, 2.24) is 0 Å². The molecule has 20 heavy (non-hydrogen) atoms. The second kappa shape index (κ2) is 5.97. The summed E-state index contributed by atoms with van der Waals surface area (Å²) in [6, 6.07) is 5.86. The number of morpholine rings is 1. The highest BCUT2D eigenvalue weighted by atomic mass is 79.9. The van der Waals surface area contributed by atoms with Gasteiger partial charge in [-0.2, -0.15) is 0 Å². The number of rotatable bonds is 3. The molecule has 1 aliphatic rings. The molecule has 1 fully saturated rings. The Hall–Kier alpha value is -1.33. The standard InChI is InChI=1S/C15H18BrNO3/c1-15(2)10-20-8-7-17(15)13-9-12(16)5-3-11(13)4-6-14(18)19/h3-6,9H,7-8,10H2,1-2H3,(H,18,19). The fourth-order valence-electron chi connectivity index (χ4n) is 2.36. The molecule has 1 aliphatic heterocycles. The van der Waals surface area contributed by atoms with Crippen LogP contribution in [0.1, 0.15) is 19.4 Å². The molecule has 1 aromatic rings. The third kappa shape index (κ3) is 3.41. The molecule has 0 radical (unpaired) electrons. The van der Waals surface area contributed by atoms with E-state index in [1.165, 1.54) is 6.08 Å². The number of nitrogens with zero attached hydrogens (tertiary/aromatic N) is 1. The molecule has 5 heteroatoms. The fourth-order valence-corrected chi connectivity index (χ4v) is 2.71. The summed E-state index contributed by atoms with van der Waals surface area (Å²) in [5.74, 6) is -0.944. The van der Waals surface area contributed by atoms with Gasteiger partial charge >= 0.3 is 5.97 Å². The number of ether oxygens (including phenoxy) is 1. The monoisotopic (exact) mass is 339 g/mol. The number of carboxylic acid groups (broad SMARTS) is 1. The van der Waals surface area contributed by atoms with Crippen LogP contribution in [0.3, 0.4) is 0 Å². The van der Waals surface area contributed by atoms with Crippen molar-refractivity contribution in [2.75, 3.05) is 24.7 Å². The van der Waals surface area contributed by atoms with Crippen LogP contribution in [0.25, 0.3) is 6.08 Å². The van der Waals surface area contributed by atoms with Crippen molar-refractivity contribution >= 4 is 33.7 Å². The van der Waals surface area contributed by atoms with Gasteiger partial charge in [-0.1, -0.05) is 22.0 Å². The lowest BCUT2D eigenvalue weighted by Gasteiger charge is -2.44. The van der Waals surface area contributed by atoms with E-state index in [2.05, 4.69) is 34.7 Å². The first kappa shape index (κ1) is 15.1. The van der Waals surface area contributed by atoms with Crippen LogP contribution < -0.4 is 4.90 Å². The van der Waals surface area contributed by atoms with Crippen LogP contribution in [-0.2, 0) is 9.53 Å². The highest BCUT2D eigenvalue weighted by Gasteiger charge is 2.31. The minimum Gasteiger partial charge on any atom is -0.478 e. The first-order valence-electron chi connectivity index (χ1n) is 6.46. The van der Waals surface area contributed by atoms with Crippen LogP contribution in [-0.4, -0.2) is 36.4 Å². The number of hydrogen-bond acceptors (Lipinski definition) is 3. The van der Waals surface area contributed by atoms with E-state index in [0.717, 1.165) is 22.3 Å². The van der Waals surface area contributed by atoms with Crippen molar-refractivity contribution in [3.05, 3.63) is 34.3 Å². The molecule has 0 aromatic heterocycles. The van der Waals surface area contributed by atoms with Crippen LogP contribution in [0, 0.1) is 0 Å². The molecule has 0 atom stereocenters. The van der Waals surface area contributed by atoms with E-state index in [0.29, 0.717) is 13.2 Å². The zero-order valence-corrected chi connectivity index (χ0v) is 13.2. The van der Waals surface area contributed by atoms with Crippen LogP contribution in [0.2, 0.25) is 0 Å². The van der Waals surface area contributed by atoms with Crippen LogP contribution in [0.5, 0.6) is 0 Å². The topological polar surface area (TPSA) is 49.8 Å². The van der Waals surface area contributed by atoms with Crippen LogP contribution in [0.4, 0.5) is 5.69 Å². The fraction of sp³-hybridized carbons (Fsp3) is 0.400. The largest absolute Gasteiger partial charge is 0.478 e. The molecule has 1 heterocycles. The summed E-state index contributed by atoms with van der Waals surface area (Å²) in [4.78, 5) is 13.0. The van der Waals surface area contributed by atoms with Gasteiger partial charge in [0.2, 0.25) is 0 Å². The molecule has 1 aromatic carbocycles. The Kier molecular flexibility index (Phi) is 4.50. The van der Waals surface area contributed by atoms with Gasteiger partial charge in [0.25, 0.3) is 0 Å². The Bertz CT molecular complexity index is 540. The van der Waals surface area contributed by atoms with Gasteiger partial charge < -0.3 is 14.7 Å². The Morgan fingerprint density at radius 2 is 2.25 bits per heavy atom. The van der Waals surface area contributed by atoms with E-state index in [1.807, 2.05) is 18.2 Å². The SMILES string of the molecule is CC1(C)COCCN1c1cc(Br)ccc1C=CC(=O)O. The summed E-state index contributed by atoms with van der Waals surface area (Å²) in [6.45, 7) is 6.37. The normalized spacial score (nSPS) is 18.4. The quantitative estimate of drug-likeness (QED) is 0.859. The summed E-state index contributed by atoms with van der Waals surface area (Å²) in [5.41, 5.74) is 1.79. The third-order valence-corrected chi connectivity index (χ3v) is 3.83. The number of anilines is 1. The number of halogens is 1. The van der Waals surface area contributed by atoms with E-state index in [1.54, 1.807) is 6.08 Å². The molecule has 4 nitrogen and oxygen atoms in total. The highest BCUT2D eigenvalue weighted by molar-refractivity contribution is 9.10. The minimum atomic E-state index is -0.944. The highest BCUT2D eigenvalue weighted by Crippen LogP contribution is 2.33. The molecule has 0 bridgehead atoms.